The van der Waals surface area contributed by atoms with Crippen molar-refractivity contribution < 1.29 is 19.1 Å². The molecule has 0 radical (unpaired) electrons. The standard InChI is InChI=1S/C16H32ClN3O3.C8H15NO.C4H10ClN/c1-15(2,3)12(19-14(22)23-16(4,5)6)11-18-13(21)20(7)10-8-9-17;1-7(5-9-6-10)8(2,3)4;1-6-4-2-3-5/h12H,8-11H2,1-7H3,(H,18,21)(H,19,22);7H,5H2,1-4H3;6H,2-4H2,1H3/t12-;7-;/m11./s1. The molecule has 0 unspecified atom stereocenters. The third-order valence-electron chi connectivity index (χ3n) is 5.64. The number of alkyl halides is 2. The normalized spacial score (nSPS) is 12.8. The molecule has 0 aromatic carbocycles. The van der Waals surface area contributed by atoms with Crippen molar-refractivity contribution in [1.82, 2.24) is 20.9 Å². The van der Waals surface area contributed by atoms with Crippen LogP contribution in [0.25, 0.3) is 0 Å². The van der Waals surface area contributed by atoms with Crippen molar-refractivity contribution in [3.63, 3.8) is 0 Å². The molecule has 0 fully saturated rings. The van der Waals surface area contributed by atoms with E-state index in [1.165, 1.54) is 0 Å². The lowest BCUT2D eigenvalue weighted by Gasteiger charge is -2.33. The van der Waals surface area contributed by atoms with Crippen molar-refractivity contribution in [3.05, 3.63) is 0 Å². The van der Waals surface area contributed by atoms with E-state index in [1.54, 1.807) is 18.0 Å². The van der Waals surface area contributed by atoms with Crippen LogP contribution in [0.3, 0.4) is 0 Å². The monoisotopic (exact) mass is 597 g/mol. The Hall–Kier alpha value is -1.54. The highest BCUT2D eigenvalue weighted by Crippen LogP contribution is 2.25. The average Bonchev–Trinajstić information content (AvgIpc) is 2.80. The van der Waals surface area contributed by atoms with Gasteiger partial charge in [0.2, 0.25) is 6.08 Å². The van der Waals surface area contributed by atoms with Gasteiger partial charge in [-0.1, -0.05) is 48.5 Å². The Morgan fingerprint density at radius 3 is 1.87 bits per heavy atom. The lowest BCUT2D eigenvalue weighted by atomic mass is 9.82. The Morgan fingerprint density at radius 1 is 0.974 bits per heavy atom. The molecule has 0 aromatic rings. The zero-order valence-corrected chi connectivity index (χ0v) is 28.1. The van der Waals surface area contributed by atoms with E-state index in [4.69, 9.17) is 27.9 Å². The highest BCUT2D eigenvalue weighted by atomic mass is 35.5. The van der Waals surface area contributed by atoms with E-state index in [1.807, 2.05) is 48.6 Å². The summed E-state index contributed by atoms with van der Waals surface area (Å²) < 4.78 is 5.28. The molecule has 3 amide bonds. The van der Waals surface area contributed by atoms with Gasteiger partial charge >= 0.3 is 12.1 Å². The van der Waals surface area contributed by atoms with Gasteiger partial charge in [-0.15, -0.1) is 23.2 Å². The molecule has 11 heteroatoms. The van der Waals surface area contributed by atoms with E-state index in [-0.39, 0.29) is 22.9 Å². The van der Waals surface area contributed by atoms with Gasteiger partial charge in [0.1, 0.15) is 5.60 Å². The molecular formula is C28H57Cl2N5O4. The van der Waals surface area contributed by atoms with Crippen LogP contribution in [0.2, 0.25) is 0 Å². The first-order valence-corrected chi connectivity index (χ1v) is 14.6. The maximum Gasteiger partial charge on any atom is 0.407 e. The fraction of sp³-hybridized carbons (Fsp3) is 0.893. The van der Waals surface area contributed by atoms with Crippen molar-refractivity contribution in [2.24, 2.45) is 21.7 Å². The summed E-state index contributed by atoms with van der Waals surface area (Å²) in [5, 5.41) is 8.66. The van der Waals surface area contributed by atoms with Crippen LogP contribution in [0.5, 0.6) is 0 Å². The number of rotatable bonds is 11. The van der Waals surface area contributed by atoms with E-state index in [9.17, 15) is 14.4 Å². The third kappa shape index (κ3) is 27.8. The molecule has 0 aliphatic heterocycles. The smallest absolute Gasteiger partial charge is 0.407 e. The topological polar surface area (TPSA) is 112 Å². The second-order valence-corrected chi connectivity index (χ2v) is 13.3. The van der Waals surface area contributed by atoms with Crippen molar-refractivity contribution >= 4 is 41.4 Å². The van der Waals surface area contributed by atoms with Crippen molar-refractivity contribution in [3.8, 4) is 0 Å². The predicted octanol–water partition coefficient (Wildman–Crippen LogP) is 6.04. The first-order valence-electron chi connectivity index (χ1n) is 13.5. The number of carbonyl (C=O) groups excluding carboxylic acids is 3. The minimum absolute atomic E-state index is 0.185. The molecule has 0 spiro atoms. The molecule has 232 valence electrons. The summed E-state index contributed by atoms with van der Waals surface area (Å²) in [6.45, 7) is 22.5. The van der Waals surface area contributed by atoms with Gasteiger partial charge in [0.05, 0.1) is 12.6 Å². The summed E-state index contributed by atoms with van der Waals surface area (Å²) in [6.07, 6.45) is 2.87. The van der Waals surface area contributed by atoms with Crippen LogP contribution >= 0.6 is 23.2 Å². The Labute approximate surface area is 248 Å². The fourth-order valence-corrected chi connectivity index (χ4v) is 2.69. The number of alkyl carbamates (subject to hydrolysis) is 1. The maximum atomic E-state index is 12.0. The maximum absolute atomic E-state index is 12.0. The van der Waals surface area contributed by atoms with E-state index in [0.717, 1.165) is 25.3 Å². The lowest BCUT2D eigenvalue weighted by Crippen LogP contribution is -2.53. The van der Waals surface area contributed by atoms with Gasteiger partial charge in [-0.3, -0.25) is 0 Å². The first kappa shape index (κ1) is 41.9. The van der Waals surface area contributed by atoms with Gasteiger partial charge in [-0.25, -0.2) is 19.4 Å². The number of carbonyl (C=O) groups is 2. The Morgan fingerprint density at radius 2 is 1.51 bits per heavy atom. The average molecular weight is 599 g/mol. The third-order valence-corrected chi connectivity index (χ3v) is 6.17. The number of ether oxygens (including phenoxy) is 1. The van der Waals surface area contributed by atoms with Crippen molar-refractivity contribution in [2.45, 2.75) is 93.7 Å². The van der Waals surface area contributed by atoms with Crippen LogP contribution in [0.4, 0.5) is 9.59 Å². The fourth-order valence-electron chi connectivity index (χ4n) is 2.44. The van der Waals surface area contributed by atoms with Gasteiger partial charge < -0.3 is 25.6 Å². The van der Waals surface area contributed by atoms with Crippen LogP contribution < -0.4 is 16.0 Å². The van der Waals surface area contributed by atoms with Crippen LogP contribution in [0.15, 0.2) is 4.99 Å². The zero-order valence-electron chi connectivity index (χ0n) is 26.6. The minimum Gasteiger partial charge on any atom is -0.444 e. The summed E-state index contributed by atoms with van der Waals surface area (Å²) in [7, 11) is 3.64. The summed E-state index contributed by atoms with van der Waals surface area (Å²) in [5.41, 5.74) is -0.545. The quantitative estimate of drug-likeness (QED) is 0.116. The summed E-state index contributed by atoms with van der Waals surface area (Å²) >= 11 is 11.0. The number of isocyanates is 1. The minimum atomic E-state index is -0.558. The Bertz CT molecular complexity index is 694. The van der Waals surface area contributed by atoms with E-state index >= 15 is 0 Å². The summed E-state index contributed by atoms with van der Waals surface area (Å²) in [6, 6.07) is -0.432. The Kier molecular flexibility index (Phi) is 23.9. The number of urea groups is 1. The summed E-state index contributed by atoms with van der Waals surface area (Å²) in [4.78, 5) is 38.8. The van der Waals surface area contributed by atoms with Gasteiger partial charge in [-0.05, 0) is 64.0 Å². The predicted molar refractivity (Wildman–Crippen MR) is 165 cm³/mol. The number of nitrogens with one attached hydrogen (secondary N) is 3. The van der Waals surface area contributed by atoms with E-state index < -0.39 is 11.7 Å². The molecule has 0 aromatic heterocycles. The lowest BCUT2D eigenvalue weighted by molar-refractivity contribution is 0.0463. The van der Waals surface area contributed by atoms with Gasteiger partial charge in [0, 0.05) is 31.9 Å². The second kappa shape index (κ2) is 22.2. The number of amides is 3. The van der Waals surface area contributed by atoms with Crippen molar-refractivity contribution in [1.29, 1.82) is 0 Å². The second-order valence-electron chi connectivity index (χ2n) is 12.6. The number of halogens is 2. The van der Waals surface area contributed by atoms with Crippen LogP contribution in [-0.2, 0) is 9.53 Å². The molecule has 0 saturated carbocycles. The number of nitrogens with zero attached hydrogens (tertiary/aromatic N) is 2. The molecule has 0 heterocycles. The van der Waals surface area contributed by atoms with Crippen LogP contribution in [0, 0.1) is 16.7 Å². The van der Waals surface area contributed by atoms with E-state index in [2.05, 4.69) is 48.6 Å². The molecule has 3 N–H and O–H groups in total. The van der Waals surface area contributed by atoms with E-state index in [0.29, 0.717) is 31.4 Å². The number of hydrogen-bond acceptors (Lipinski definition) is 6. The highest BCUT2D eigenvalue weighted by Gasteiger charge is 2.29. The molecule has 0 aliphatic carbocycles. The van der Waals surface area contributed by atoms with Crippen LogP contribution in [0.1, 0.15) is 82.1 Å². The number of hydrogen-bond donors (Lipinski definition) is 3. The van der Waals surface area contributed by atoms with Crippen molar-refractivity contribution in [2.75, 3.05) is 52.0 Å². The molecule has 0 rings (SSSR count). The largest absolute Gasteiger partial charge is 0.444 e. The molecule has 0 bridgehead atoms. The highest BCUT2D eigenvalue weighted by molar-refractivity contribution is 6.18. The zero-order chi connectivity index (χ0) is 31.3. The molecule has 2 atom stereocenters. The van der Waals surface area contributed by atoms with Gasteiger partial charge in [-0.2, -0.15) is 0 Å². The molecule has 9 nitrogen and oxygen atoms in total. The molecule has 0 saturated heterocycles. The molecule has 39 heavy (non-hydrogen) atoms. The van der Waals surface area contributed by atoms with Crippen LogP contribution in [-0.4, -0.2) is 86.8 Å². The van der Waals surface area contributed by atoms with Gasteiger partial charge in [0.25, 0.3) is 0 Å². The first-order chi connectivity index (χ1) is 17.8. The van der Waals surface area contributed by atoms with Gasteiger partial charge in [0.15, 0.2) is 0 Å². The number of aliphatic imine (C=N–C) groups is 1. The SMILES string of the molecule is CN(CCCCl)C(=O)NC[C@@H](NC(=O)OC(C)(C)C)C(C)(C)C.CNCCCCl.C[C@H](CN=C=O)C(C)(C)C. The molecular weight excluding hydrogens is 541 g/mol. The summed E-state index contributed by atoms with van der Waals surface area (Å²) in [5.74, 6) is 1.72. The molecule has 0 aliphatic rings. The Balaban J connectivity index is -0.000000661.